The van der Waals surface area contributed by atoms with E-state index in [9.17, 15) is 9.59 Å². The van der Waals surface area contributed by atoms with E-state index in [4.69, 9.17) is 4.74 Å². The molecule has 0 N–H and O–H groups in total. The number of rotatable bonds is 6. The summed E-state index contributed by atoms with van der Waals surface area (Å²) >= 11 is 0. The third-order valence-corrected chi connectivity index (χ3v) is 5.29. The van der Waals surface area contributed by atoms with E-state index < -0.39 is 0 Å². The summed E-state index contributed by atoms with van der Waals surface area (Å²) in [4.78, 5) is 28.8. The van der Waals surface area contributed by atoms with Crippen molar-refractivity contribution in [3.8, 4) is 11.1 Å². The number of carbonyl (C=O) groups excluding carboxylic acids is 2. The molecule has 2 aromatic carbocycles. The molecule has 0 saturated carbocycles. The van der Waals surface area contributed by atoms with Gasteiger partial charge in [-0.25, -0.2) is 0 Å². The summed E-state index contributed by atoms with van der Waals surface area (Å²) in [5, 5.41) is 0. The fraction of sp³-hybridized carbons (Fsp3) is 0.391. The monoisotopic (exact) mass is 380 g/mol. The zero-order valence-corrected chi connectivity index (χ0v) is 16.6. The Labute approximate surface area is 166 Å². The van der Waals surface area contributed by atoms with Crippen molar-refractivity contribution < 1.29 is 14.3 Å². The molecule has 1 aliphatic rings. The molecular weight excluding hydrogens is 352 g/mol. The van der Waals surface area contributed by atoms with Crippen LogP contribution >= 0.6 is 0 Å². The summed E-state index contributed by atoms with van der Waals surface area (Å²) in [5.41, 5.74) is 3.44. The van der Waals surface area contributed by atoms with Gasteiger partial charge in [-0.15, -0.1) is 0 Å². The Balaban J connectivity index is 1.71. The first-order valence-electron chi connectivity index (χ1n) is 9.74. The van der Waals surface area contributed by atoms with Crippen LogP contribution in [0.3, 0.4) is 0 Å². The van der Waals surface area contributed by atoms with Gasteiger partial charge >= 0.3 is 0 Å². The minimum atomic E-state index is -0.221. The number of carbonyl (C=O) groups is 2. The molecule has 1 fully saturated rings. The van der Waals surface area contributed by atoms with Gasteiger partial charge in [0.25, 0.3) is 0 Å². The van der Waals surface area contributed by atoms with Gasteiger partial charge in [-0.2, -0.15) is 0 Å². The standard InChI is InChI=1S/C23H28N2O3/c1-24-13-14-25(22(26)12-15-28-2)17-21(23(24)27)16-18-8-10-20(11-9-18)19-6-4-3-5-7-19/h3-11,21H,12-17H2,1-2H3/t21-/m1/s1. The number of amides is 2. The Morgan fingerprint density at radius 3 is 2.39 bits per heavy atom. The first kappa shape index (κ1) is 20.1. The van der Waals surface area contributed by atoms with Crippen LogP contribution in [0, 0.1) is 5.92 Å². The third-order valence-electron chi connectivity index (χ3n) is 5.29. The number of ether oxygens (including phenoxy) is 1. The summed E-state index contributed by atoms with van der Waals surface area (Å²) in [6.45, 7) is 2.02. The fourth-order valence-corrected chi connectivity index (χ4v) is 3.60. The predicted octanol–water partition coefficient (Wildman–Crippen LogP) is 2.85. The van der Waals surface area contributed by atoms with Crippen molar-refractivity contribution in [2.45, 2.75) is 12.8 Å². The molecule has 2 aromatic rings. The van der Waals surface area contributed by atoms with E-state index in [1.807, 2.05) is 30.1 Å². The molecule has 5 heteroatoms. The fourth-order valence-electron chi connectivity index (χ4n) is 3.60. The summed E-state index contributed by atoms with van der Waals surface area (Å²) < 4.78 is 5.02. The Morgan fingerprint density at radius 2 is 1.71 bits per heavy atom. The van der Waals surface area contributed by atoms with Crippen LogP contribution < -0.4 is 0 Å². The Hall–Kier alpha value is -2.66. The predicted molar refractivity (Wildman–Crippen MR) is 110 cm³/mol. The zero-order valence-electron chi connectivity index (χ0n) is 16.6. The number of benzene rings is 2. The highest BCUT2D eigenvalue weighted by molar-refractivity contribution is 5.82. The van der Waals surface area contributed by atoms with Crippen LogP contribution in [0.25, 0.3) is 11.1 Å². The lowest BCUT2D eigenvalue weighted by molar-refractivity contribution is -0.134. The number of hydrogen-bond acceptors (Lipinski definition) is 3. The van der Waals surface area contributed by atoms with Crippen LogP contribution in [0.1, 0.15) is 12.0 Å². The molecular formula is C23H28N2O3. The Morgan fingerprint density at radius 1 is 1.04 bits per heavy atom. The van der Waals surface area contributed by atoms with Gasteiger partial charge in [-0.3, -0.25) is 9.59 Å². The number of methoxy groups -OCH3 is 1. The molecule has 2 amide bonds. The molecule has 1 aliphatic heterocycles. The highest BCUT2D eigenvalue weighted by atomic mass is 16.5. The summed E-state index contributed by atoms with van der Waals surface area (Å²) in [6, 6.07) is 18.6. The van der Waals surface area contributed by atoms with E-state index in [-0.39, 0.29) is 17.7 Å². The minimum Gasteiger partial charge on any atom is -0.384 e. The number of likely N-dealkylation sites (N-methyl/N-ethyl adjacent to an activating group) is 1. The molecule has 1 atom stereocenters. The molecule has 3 rings (SSSR count). The lowest BCUT2D eigenvalue weighted by Gasteiger charge is -2.23. The average molecular weight is 380 g/mol. The molecule has 0 radical (unpaired) electrons. The van der Waals surface area contributed by atoms with Crippen LogP contribution in [0.5, 0.6) is 0 Å². The second-order valence-electron chi connectivity index (χ2n) is 7.31. The SMILES string of the molecule is COCCC(=O)N1CCN(C)C(=O)[C@H](Cc2ccc(-c3ccccc3)cc2)C1. The van der Waals surface area contributed by atoms with Gasteiger partial charge in [0.2, 0.25) is 11.8 Å². The average Bonchev–Trinajstić information content (AvgIpc) is 2.87. The van der Waals surface area contributed by atoms with Crippen molar-refractivity contribution in [1.82, 2.24) is 9.80 Å². The first-order valence-corrected chi connectivity index (χ1v) is 9.74. The van der Waals surface area contributed by atoms with Gasteiger partial charge in [-0.05, 0) is 23.1 Å². The van der Waals surface area contributed by atoms with Gasteiger partial charge in [0.1, 0.15) is 0 Å². The Kier molecular flexibility index (Phi) is 6.82. The molecule has 0 spiro atoms. The summed E-state index contributed by atoms with van der Waals surface area (Å²) in [7, 11) is 3.41. The summed E-state index contributed by atoms with van der Waals surface area (Å²) in [6.07, 6.45) is 0.985. The quantitative estimate of drug-likeness (QED) is 0.774. The second-order valence-corrected chi connectivity index (χ2v) is 7.31. The van der Waals surface area contributed by atoms with Gasteiger partial charge in [-0.1, -0.05) is 54.6 Å². The normalized spacial score (nSPS) is 17.5. The summed E-state index contributed by atoms with van der Waals surface area (Å²) in [5.74, 6) is -0.0647. The van der Waals surface area contributed by atoms with Crippen LogP contribution in [-0.2, 0) is 20.7 Å². The van der Waals surface area contributed by atoms with Gasteiger partial charge < -0.3 is 14.5 Å². The van der Waals surface area contributed by atoms with Crippen molar-refractivity contribution >= 4 is 11.8 Å². The largest absolute Gasteiger partial charge is 0.384 e. The van der Waals surface area contributed by atoms with E-state index in [0.29, 0.717) is 39.1 Å². The van der Waals surface area contributed by atoms with Crippen LogP contribution in [0.2, 0.25) is 0 Å². The molecule has 148 valence electrons. The topological polar surface area (TPSA) is 49.9 Å². The maximum atomic E-state index is 12.8. The van der Waals surface area contributed by atoms with Gasteiger partial charge in [0, 0.05) is 33.8 Å². The van der Waals surface area contributed by atoms with Crippen LogP contribution in [0.4, 0.5) is 0 Å². The first-order chi connectivity index (χ1) is 13.6. The number of hydrogen-bond donors (Lipinski definition) is 0. The van der Waals surface area contributed by atoms with Crippen molar-refractivity contribution in [2.75, 3.05) is 40.4 Å². The highest BCUT2D eigenvalue weighted by Crippen LogP contribution is 2.22. The van der Waals surface area contributed by atoms with E-state index in [1.54, 1.807) is 12.0 Å². The van der Waals surface area contributed by atoms with Crippen LogP contribution in [0.15, 0.2) is 54.6 Å². The molecule has 28 heavy (non-hydrogen) atoms. The van der Waals surface area contributed by atoms with Crippen molar-refractivity contribution in [3.63, 3.8) is 0 Å². The molecule has 0 aromatic heterocycles. The van der Waals surface area contributed by atoms with Crippen molar-refractivity contribution in [3.05, 3.63) is 60.2 Å². The minimum absolute atomic E-state index is 0.0503. The lowest BCUT2D eigenvalue weighted by atomic mass is 9.95. The second kappa shape index (κ2) is 9.51. The maximum absolute atomic E-state index is 12.8. The molecule has 0 unspecified atom stereocenters. The molecule has 5 nitrogen and oxygen atoms in total. The Bertz CT molecular complexity index is 789. The van der Waals surface area contributed by atoms with E-state index >= 15 is 0 Å². The molecule has 1 saturated heterocycles. The molecule has 1 heterocycles. The smallest absolute Gasteiger partial charge is 0.227 e. The maximum Gasteiger partial charge on any atom is 0.227 e. The lowest BCUT2D eigenvalue weighted by Crippen LogP contribution is -2.37. The van der Waals surface area contributed by atoms with Crippen molar-refractivity contribution in [2.24, 2.45) is 5.92 Å². The third kappa shape index (κ3) is 4.98. The molecule has 0 bridgehead atoms. The molecule has 0 aliphatic carbocycles. The highest BCUT2D eigenvalue weighted by Gasteiger charge is 2.30. The van der Waals surface area contributed by atoms with E-state index in [1.165, 1.54) is 5.56 Å². The zero-order chi connectivity index (χ0) is 19.9. The number of nitrogens with zero attached hydrogens (tertiary/aromatic N) is 2. The van der Waals surface area contributed by atoms with E-state index in [0.717, 1.165) is 11.1 Å². The van der Waals surface area contributed by atoms with Crippen LogP contribution in [-0.4, -0.2) is 62.0 Å². The van der Waals surface area contributed by atoms with Gasteiger partial charge in [0.05, 0.1) is 18.9 Å². The van der Waals surface area contributed by atoms with E-state index in [2.05, 4.69) is 36.4 Å². The van der Waals surface area contributed by atoms with Crippen molar-refractivity contribution in [1.29, 1.82) is 0 Å². The van der Waals surface area contributed by atoms with Gasteiger partial charge in [0.15, 0.2) is 0 Å².